The Hall–Kier alpha value is -2.28. The summed E-state index contributed by atoms with van der Waals surface area (Å²) in [5.41, 5.74) is 2.26. The molecule has 1 fully saturated rings. The number of nitrogens with zero attached hydrogens (tertiary/aromatic N) is 1. The molecule has 4 nitrogen and oxygen atoms in total. The average Bonchev–Trinajstić information content (AvgIpc) is 2.91. The molecule has 23 heavy (non-hydrogen) atoms. The third kappa shape index (κ3) is 2.84. The van der Waals surface area contributed by atoms with Gasteiger partial charge in [-0.05, 0) is 5.39 Å². The van der Waals surface area contributed by atoms with Crippen molar-refractivity contribution in [2.75, 3.05) is 13.7 Å². The fourth-order valence-corrected chi connectivity index (χ4v) is 2.91. The molecule has 0 aromatic heterocycles. The van der Waals surface area contributed by atoms with Gasteiger partial charge in [0.2, 0.25) is 5.91 Å². The molecular formula is C16H15F3N2O2. The van der Waals surface area contributed by atoms with Crippen molar-refractivity contribution >= 4 is 16.7 Å². The molecule has 1 saturated heterocycles. The lowest BCUT2D eigenvalue weighted by atomic mass is 9.99. The number of ether oxygens (including phenoxy) is 1. The number of amides is 1. The van der Waals surface area contributed by atoms with Gasteiger partial charge in [-0.25, -0.2) is 5.01 Å². The maximum absolute atomic E-state index is 13.7. The van der Waals surface area contributed by atoms with Crippen molar-refractivity contribution in [3.63, 3.8) is 0 Å². The molecule has 7 heteroatoms. The number of nitrogens with one attached hydrogen (secondary N) is 1. The lowest BCUT2D eigenvalue weighted by Gasteiger charge is -2.30. The zero-order chi connectivity index (χ0) is 16.6. The van der Waals surface area contributed by atoms with Gasteiger partial charge in [0.1, 0.15) is 5.75 Å². The maximum Gasteiger partial charge on any atom is 0.410 e. The van der Waals surface area contributed by atoms with Gasteiger partial charge in [-0.2, -0.15) is 13.2 Å². The van der Waals surface area contributed by atoms with Gasteiger partial charge in [0.15, 0.2) is 6.04 Å². The van der Waals surface area contributed by atoms with E-state index in [4.69, 9.17) is 4.74 Å². The first-order valence-corrected chi connectivity index (χ1v) is 7.10. The van der Waals surface area contributed by atoms with Crippen LogP contribution in [0, 0.1) is 0 Å². The summed E-state index contributed by atoms with van der Waals surface area (Å²) in [7, 11) is 1.35. The Labute approximate surface area is 130 Å². The first-order valence-electron chi connectivity index (χ1n) is 7.10. The highest BCUT2D eigenvalue weighted by atomic mass is 19.4. The average molecular weight is 324 g/mol. The number of hydrogen-bond donors (Lipinski definition) is 1. The fourth-order valence-electron chi connectivity index (χ4n) is 2.91. The van der Waals surface area contributed by atoms with Gasteiger partial charge in [0.05, 0.1) is 7.11 Å². The minimum absolute atomic E-state index is 0.00100. The highest BCUT2D eigenvalue weighted by Gasteiger charge is 2.48. The zero-order valence-electron chi connectivity index (χ0n) is 12.4. The van der Waals surface area contributed by atoms with Crippen LogP contribution in [0.3, 0.4) is 0 Å². The molecule has 122 valence electrons. The minimum Gasteiger partial charge on any atom is -0.496 e. The van der Waals surface area contributed by atoms with E-state index in [-0.39, 0.29) is 24.3 Å². The topological polar surface area (TPSA) is 41.6 Å². The number of carbonyl (C=O) groups is 1. The number of methoxy groups -OCH3 is 1. The molecule has 1 amide bonds. The molecule has 0 aliphatic carbocycles. The van der Waals surface area contributed by atoms with Crippen molar-refractivity contribution in [2.45, 2.75) is 18.6 Å². The smallest absolute Gasteiger partial charge is 0.410 e. The largest absolute Gasteiger partial charge is 0.496 e. The monoisotopic (exact) mass is 324 g/mol. The molecular weight excluding hydrogens is 309 g/mol. The van der Waals surface area contributed by atoms with E-state index in [0.29, 0.717) is 5.39 Å². The second-order valence-electron chi connectivity index (χ2n) is 5.33. The first kappa shape index (κ1) is 15.6. The fraction of sp³-hybridized carbons (Fsp3) is 0.312. The molecule has 0 spiro atoms. The minimum atomic E-state index is -4.55. The third-order valence-corrected chi connectivity index (χ3v) is 3.88. The number of fused-ring (bicyclic) bond motifs is 1. The van der Waals surface area contributed by atoms with Gasteiger partial charge in [0.25, 0.3) is 0 Å². The van der Waals surface area contributed by atoms with Crippen LogP contribution in [0.2, 0.25) is 0 Å². The summed E-state index contributed by atoms with van der Waals surface area (Å²) in [6.07, 6.45) is -4.50. The quantitative estimate of drug-likeness (QED) is 0.943. The Kier molecular flexibility index (Phi) is 3.89. The second kappa shape index (κ2) is 5.73. The molecule has 0 saturated carbocycles. The van der Waals surface area contributed by atoms with E-state index in [1.54, 1.807) is 18.2 Å². The Bertz CT molecular complexity index is 746. The summed E-state index contributed by atoms with van der Waals surface area (Å²) < 4.78 is 46.2. The molecule has 0 unspecified atom stereocenters. The number of alkyl halides is 3. The van der Waals surface area contributed by atoms with Crippen LogP contribution in [0.25, 0.3) is 10.8 Å². The van der Waals surface area contributed by atoms with Crippen LogP contribution < -0.4 is 10.2 Å². The second-order valence-corrected chi connectivity index (χ2v) is 5.33. The standard InChI is InChI=1S/C16H15F3N2O2/c1-23-14-11-5-3-2-4-10(11)6-7-12(14)15(16(17,18)19)21-9-8-13(22)20-21/h2-7,15H,8-9H2,1H3,(H,20,22)/t15-/m0/s1. The molecule has 3 rings (SSSR count). The Morgan fingerprint density at radius 1 is 1.22 bits per heavy atom. The Morgan fingerprint density at radius 3 is 2.57 bits per heavy atom. The van der Waals surface area contributed by atoms with Gasteiger partial charge in [-0.3, -0.25) is 10.2 Å². The van der Waals surface area contributed by atoms with Gasteiger partial charge in [-0.1, -0.05) is 36.4 Å². The van der Waals surface area contributed by atoms with Gasteiger partial charge >= 0.3 is 6.18 Å². The molecule has 1 N–H and O–H groups in total. The van der Waals surface area contributed by atoms with Gasteiger partial charge < -0.3 is 4.74 Å². The summed E-state index contributed by atoms with van der Waals surface area (Å²) in [4.78, 5) is 11.3. The number of rotatable bonds is 3. The highest BCUT2D eigenvalue weighted by molar-refractivity contribution is 5.89. The number of hydrazine groups is 1. The van der Waals surface area contributed by atoms with Crippen LogP contribution in [-0.4, -0.2) is 30.7 Å². The predicted molar refractivity (Wildman–Crippen MR) is 78.8 cm³/mol. The predicted octanol–water partition coefficient (Wildman–Crippen LogP) is 3.19. The van der Waals surface area contributed by atoms with Crippen molar-refractivity contribution in [1.29, 1.82) is 0 Å². The van der Waals surface area contributed by atoms with E-state index >= 15 is 0 Å². The van der Waals surface area contributed by atoms with E-state index in [2.05, 4.69) is 5.43 Å². The molecule has 1 aliphatic heterocycles. The molecule has 1 aliphatic rings. The summed E-state index contributed by atoms with van der Waals surface area (Å²) in [5.74, 6) is -0.245. The van der Waals surface area contributed by atoms with E-state index in [1.165, 1.54) is 13.2 Å². The molecule has 1 heterocycles. The summed E-state index contributed by atoms with van der Waals surface area (Å²) in [6, 6.07) is 8.16. The van der Waals surface area contributed by atoms with Crippen LogP contribution in [-0.2, 0) is 4.79 Å². The summed E-state index contributed by atoms with van der Waals surface area (Å²) in [5, 5.41) is 2.32. The van der Waals surface area contributed by atoms with Crippen molar-refractivity contribution in [1.82, 2.24) is 10.4 Å². The van der Waals surface area contributed by atoms with Crippen LogP contribution in [0.15, 0.2) is 36.4 Å². The highest BCUT2D eigenvalue weighted by Crippen LogP contribution is 2.44. The third-order valence-electron chi connectivity index (χ3n) is 3.88. The SMILES string of the molecule is COc1c([C@H](N2CCC(=O)N2)C(F)(F)F)ccc2ccccc12. The first-order chi connectivity index (χ1) is 10.9. The molecule has 2 aromatic rings. The van der Waals surface area contributed by atoms with Gasteiger partial charge in [-0.15, -0.1) is 0 Å². The number of halogens is 3. The molecule has 1 atom stereocenters. The Balaban J connectivity index is 2.16. The van der Waals surface area contributed by atoms with E-state index < -0.39 is 18.1 Å². The van der Waals surface area contributed by atoms with Crippen LogP contribution in [0.1, 0.15) is 18.0 Å². The lowest BCUT2D eigenvalue weighted by molar-refractivity contribution is -0.191. The maximum atomic E-state index is 13.7. The molecule has 0 bridgehead atoms. The van der Waals surface area contributed by atoms with E-state index in [1.807, 2.05) is 12.1 Å². The van der Waals surface area contributed by atoms with Crippen LogP contribution in [0.4, 0.5) is 13.2 Å². The summed E-state index contributed by atoms with van der Waals surface area (Å²) >= 11 is 0. The van der Waals surface area contributed by atoms with Crippen molar-refractivity contribution in [2.24, 2.45) is 0 Å². The van der Waals surface area contributed by atoms with Crippen molar-refractivity contribution < 1.29 is 22.7 Å². The lowest BCUT2D eigenvalue weighted by Crippen LogP contribution is -2.43. The molecule has 0 radical (unpaired) electrons. The molecule has 2 aromatic carbocycles. The van der Waals surface area contributed by atoms with E-state index in [9.17, 15) is 18.0 Å². The summed E-state index contributed by atoms with van der Waals surface area (Å²) in [6.45, 7) is -0.00100. The van der Waals surface area contributed by atoms with Crippen LogP contribution >= 0.6 is 0 Å². The number of benzene rings is 2. The van der Waals surface area contributed by atoms with Crippen molar-refractivity contribution in [3.8, 4) is 5.75 Å². The number of hydrogen-bond acceptors (Lipinski definition) is 3. The zero-order valence-corrected chi connectivity index (χ0v) is 12.4. The van der Waals surface area contributed by atoms with Crippen molar-refractivity contribution in [3.05, 3.63) is 42.0 Å². The van der Waals surface area contributed by atoms with E-state index in [0.717, 1.165) is 10.4 Å². The number of carbonyl (C=O) groups excluding carboxylic acids is 1. The normalized spacial score (nSPS) is 17.3. The Morgan fingerprint density at radius 2 is 1.96 bits per heavy atom. The van der Waals surface area contributed by atoms with Crippen LogP contribution in [0.5, 0.6) is 5.75 Å². The van der Waals surface area contributed by atoms with Gasteiger partial charge in [0, 0.05) is 23.9 Å².